The Morgan fingerprint density at radius 2 is 2.21 bits per heavy atom. The number of hydrogen-bond acceptors (Lipinski definition) is 2. The molecule has 0 aromatic heterocycles. The van der Waals surface area contributed by atoms with Crippen LogP contribution in [0.1, 0.15) is 24.9 Å². The molecule has 0 aliphatic rings. The molecule has 74 valence electrons. The maximum Gasteiger partial charge on any atom is 0.124 e. The molecule has 2 nitrogen and oxygen atoms in total. The van der Waals surface area contributed by atoms with Gasteiger partial charge in [0.25, 0.3) is 0 Å². The highest BCUT2D eigenvalue weighted by atomic mass is 16.5. The molecule has 0 spiro atoms. The summed E-state index contributed by atoms with van der Waals surface area (Å²) in [6, 6.07) is 7.74. The highest BCUT2D eigenvalue weighted by Gasteiger charge is 2.05. The van der Waals surface area contributed by atoms with Crippen LogP contribution in [0.3, 0.4) is 0 Å². The zero-order valence-corrected chi connectivity index (χ0v) is 8.36. The Morgan fingerprint density at radius 3 is 2.86 bits per heavy atom. The third kappa shape index (κ3) is 2.79. The minimum absolute atomic E-state index is 0.0166. The van der Waals surface area contributed by atoms with Crippen molar-refractivity contribution >= 4 is 0 Å². The van der Waals surface area contributed by atoms with Gasteiger partial charge in [-0.1, -0.05) is 18.2 Å². The van der Waals surface area contributed by atoms with E-state index in [-0.39, 0.29) is 6.04 Å². The van der Waals surface area contributed by atoms with E-state index in [1.807, 2.05) is 31.2 Å². The molecule has 0 amide bonds. The molecule has 1 atom stereocenters. The number of ether oxygens (including phenoxy) is 1. The first-order chi connectivity index (χ1) is 6.75. The van der Waals surface area contributed by atoms with Gasteiger partial charge in [0.15, 0.2) is 0 Å². The summed E-state index contributed by atoms with van der Waals surface area (Å²) in [4.78, 5) is 0. The molecule has 14 heavy (non-hydrogen) atoms. The monoisotopic (exact) mass is 189 g/mol. The topological polar surface area (TPSA) is 35.2 Å². The van der Waals surface area contributed by atoms with Crippen molar-refractivity contribution in [1.29, 1.82) is 0 Å². The van der Waals surface area contributed by atoms with E-state index in [1.165, 1.54) is 0 Å². The Hall–Kier alpha value is -1.46. The maximum absolute atomic E-state index is 5.80. The molecule has 2 N–H and O–H groups in total. The quantitative estimate of drug-likeness (QED) is 0.581. The minimum Gasteiger partial charge on any atom is -0.492 e. The van der Waals surface area contributed by atoms with Crippen LogP contribution < -0.4 is 10.5 Å². The molecule has 0 aliphatic carbocycles. The molecule has 0 fully saturated rings. The summed E-state index contributed by atoms with van der Waals surface area (Å²) >= 11 is 0. The zero-order chi connectivity index (χ0) is 10.4. The molecule has 0 aliphatic heterocycles. The molecule has 0 unspecified atom stereocenters. The lowest BCUT2D eigenvalue weighted by Gasteiger charge is -2.12. The molecule has 1 rings (SSSR count). The van der Waals surface area contributed by atoms with Gasteiger partial charge in [-0.2, -0.15) is 0 Å². The first-order valence-electron chi connectivity index (χ1n) is 4.66. The molecule has 0 bridgehead atoms. The van der Waals surface area contributed by atoms with Crippen molar-refractivity contribution in [3.05, 3.63) is 29.8 Å². The van der Waals surface area contributed by atoms with Gasteiger partial charge in [0, 0.05) is 18.0 Å². The molecule has 1 aromatic carbocycles. The van der Waals surface area contributed by atoms with Gasteiger partial charge < -0.3 is 10.5 Å². The summed E-state index contributed by atoms with van der Waals surface area (Å²) in [5, 5.41) is 0. The van der Waals surface area contributed by atoms with Gasteiger partial charge in [0.1, 0.15) is 5.75 Å². The maximum atomic E-state index is 5.80. The second kappa shape index (κ2) is 5.31. The molecule has 1 aromatic rings. The zero-order valence-electron chi connectivity index (χ0n) is 8.36. The molecule has 0 radical (unpaired) electrons. The van der Waals surface area contributed by atoms with E-state index in [0.29, 0.717) is 13.0 Å². The Bertz CT molecular complexity index is 325. The van der Waals surface area contributed by atoms with E-state index in [2.05, 4.69) is 5.92 Å². The predicted molar refractivity (Wildman–Crippen MR) is 58.0 cm³/mol. The summed E-state index contributed by atoms with van der Waals surface area (Å²) in [5.74, 6) is 3.36. The van der Waals surface area contributed by atoms with Crippen LogP contribution >= 0.6 is 0 Å². The molecule has 0 saturated carbocycles. The van der Waals surface area contributed by atoms with Gasteiger partial charge >= 0.3 is 0 Å². The van der Waals surface area contributed by atoms with Crippen molar-refractivity contribution in [2.24, 2.45) is 5.73 Å². The Balaban J connectivity index is 2.70. The molecular formula is C12H15NO. The smallest absolute Gasteiger partial charge is 0.124 e. The van der Waals surface area contributed by atoms with Crippen molar-refractivity contribution in [3.63, 3.8) is 0 Å². The van der Waals surface area contributed by atoms with Gasteiger partial charge in [-0.15, -0.1) is 12.3 Å². The summed E-state index contributed by atoms with van der Waals surface area (Å²) in [7, 11) is 0. The Kier molecular flexibility index (Phi) is 4.03. The van der Waals surface area contributed by atoms with Gasteiger partial charge in [0.2, 0.25) is 0 Å². The van der Waals surface area contributed by atoms with E-state index >= 15 is 0 Å². The second-order valence-electron chi connectivity index (χ2n) is 3.13. The first kappa shape index (κ1) is 10.6. The van der Waals surface area contributed by atoms with Crippen LogP contribution in [0.2, 0.25) is 0 Å². The number of hydrogen-bond donors (Lipinski definition) is 1. The summed E-state index contributed by atoms with van der Waals surface area (Å²) in [6.45, 7) is 2.48. The molecule has 0 heterocycles. The van der Waals surface area contributed by atoms with Crippen LogP contribution in [0.5, 0.6) is 5.75 Å². The van der Waals surface area contributed by atoms with Gasteiger partial charge in [-0.25, -0.2) is 0 Å². The highest BCUT2D eigenvalue weighted by Crippen LogP contribution is 2.22. The number of terminal acetylenes is 1. The predicted octanol–water partition coefficient (Wildman–Crippen LogP) is 2.11. The van der Waals surface area contributed by atoms with E-state index in [1.54, 1.807) is 0 Å². The van der Waals surface area contributed by atoms with Crippen molar-refractivity contribution in [2.75, 3.05) is 6.61 Å². The highest BCUT2D eigenvalue weighted by molar-refractivity contribution is 5.35. The number of benzene rings is 1. The lowest BCUT2D eigenvalue weighted by Crippen LogP contribution is -2.08. The summed E-state index contributed by atoms with van der Waals surface area (Å²) in [5.41, 5.74) is 6.82. The van der Waals surface area contributed by atoms with Gasteiger partial charge in [0.05, 0.1) is 6.61 Å². The van der Waals surface area contributed by atoms with Gasteiger partial charge in [-0.05, 0) is 13.0 Å². The fourth-order valence-corrected chi connectivity index (χ4v) is 1.21. The van der Waals surface area contributed by atoms with Crippen LogP contribution in [0, 0.1) is 12.3 Å². The second-order valence-corrected chi connectivity index (χ2v) is 3.13. The normalized spacial score (nSPS) is 11.8. The minimum atomic E-state index is -0.0166. The van der Waals surface area contributed by atoms with Crippen molar-refractivity contribution in [3.8, 4) is 18.1 Å². The average Bonchev–Trinajstić information content (AvgIpc) is 2.19. The first-order valence-corrected chi connectivity index (χ1v) is 4.66. The number of para-hydroxylation sites is 1. The van der Waals surface area contributed by atoms with Crippen LogP contribution in [-0.4, -0.2) is 6.61 Å². The lowest BCUT2D eigenvalue weighted by atomic mass is 10.1. The van der Waals surface area contributed by atoms with Crippen molar-refractivity contribution in [1.82, 2.24) is 0 Å². The average molecular weight is 189 g/mol. The van der Waals surface area contributed by atoms with Crippen LogP contribution in [0.4, 0.5) is 0 Å². The van der Waals surface area contributed by atoms with E-state index in [4.69, 9.17) is 16.9 Å². The Morgan fingerprint density at radius 1 is 1.50 bits per heavy atom. The molecule has 0 saturated heterocycles. The van der Waals surface area contributed by atoms with E-state index in [0.717, 1.165) is 11.3 Å². The Labute approximate surface area is 85.1 Å². The fourth-order valence-electron chi connectivity index (χ4n) is 1.21. The fraction of sp³-hybridized carbons (Fsp3) is 0.333. The third-order valence-corrected chi connectivity index (χ3v) is 1.91. The molecular weight excluding hydrogens is 174 g/mol. The number of rotatable bonds is 4. The number of nitrogens with two attached hydrogens (primary N) is 1. The largest absolute Gasteiger partial charge is 0.492 e. The van der Waals surface area contributed by atoms with Crippen LogP contribution in [-0.2, 0) is 0 Å². The third-order valence-electron chi connectivity index (χ3n) is 1.91. The standard InChI is InChI=1S/C12H15NO/c1-3-4-9-14-12-8-6-5-7-11(12)10(2)13/h1,5-8,10H,4,9,13H2,2H3/t10-/m0/s1. The summed E-state index contributed by atoms with van der Waals surface area (Å²) in [6.07, 6.45) is 5.75. The lowest BCUT2D eigenvalue weighted by molar-refractivity contribution is 0.322. The van der Waals surface area contributed by atoms with E-state index < -0.39 is 0 Å². The SMILES string of the molecule is C#CCCOc1ccccc1[C@H](C)N. The van der Waals surface area contributed by atoms with Crippen LogP contribution in [0.25, 0.3) is 0 Å². The van der Waals surface area contributed by atoms with E-state index in [9.17, 15) is 0 Å². The van der Waals surface area contributed by atoms with Crippen molar-refractivity contribution < 1.29 is 4.74 Å². The summed E-state index contributed by atoms with van der Waals surface area (Å²) < 4.78 is 5.52. The van der Waals surface area contributed by atoms with Gasteiger partial charge in [-0.3, -0.25) is 0 Å². The van der Waals surface area contributed by atoms with Crippen LogP contribution in [0.15, 0.2) is 24.3 Å². The van der Waals surface area contributed by atoms with Crippen molar-refractivity contribution in [2.45, 2.75) is 19.4 Å². The molecule has 2 heteroatoms.